The quantitative estimate of drug-likeness (QED) is 0.748. The molecule has 3 aromatic rings. The maximum Gasteiger partial charge on any atom is 0.256 e. The Morgan fingerprint density at radius 2 is 1.68 bits per heavy atom. The number of carbonyl (C=O) groups is 1. The van der Waals surface area contributed by atoms with Crippen molar-refractivity contribution < 1.29 is 14.3 Å². The molecule has 1 aliphatic rings. The third-order valence-electron chi connectivity index (χ3n) is 4.38. The summed E-state index contributed by atoms with van der Waals surface area (Å²) in [6.45, 7) is 3.14. The van der Waals surface area contributed by atoms with E-state index in [-0.39, 0.29) is 5.91 Å². The molecule has 3 aromatic carbocycles. The molecule has 1 heterocycles. The molecule has 0 spiro atoms. The Kier molecular flexibility index (Phi) is 4.02. The first-order valence-corrected chi connectivity index (χ1v) is 8.42. The predicted molar refractivity (Wildman–Crippen MR) is 98.7 cm³/mol. The van der Waals surface area contributed by atoms with Crippen molar-refractivity contribution in [2.45, 2.75) is 13.3 Å². The fourth-order valence-corrected chi connectivity index (χ4v) is 3.08. The number of aryl methyl sites for hydroxylation is 1. The lowest BCUT2D eigenvalue weighted by molar-refractivity contribution is 0.102. The molecule has 0 atom stereocenters. The van der Waals surface area contributed by atoms with Crippen LogP contribution < -0.4 is 14.8 Å². The second kappa shape index (κ2) is 6.48. The number of carbonyl (C=O) groups excluding carboxylic acids is 1. The van der Waals surface area contributed by atoms with Crippen LogP contribution in [0.1, 0.15) is 22.3 Å². The first kappa shape index (κ1) is 15.5. The molecule has 4 nitrogen and oxygen atoms in total. The van der Waals surface area contributed by atoms with Gasteiger partial charge in [0.15, 0.2) is 11.5 Å². The number of amides is 1. The number of rotatable bonds is 2. The Hall–Kier alpha value is -3.01. The number of fused-ring (bicyclic) bond motifs is 2. The second-order valence-corrected chi connectivity index (χ2v) is 6.15. The molecule has 1 aliphatic heterocycles. The van der Waals surface area contributed by atoms with Gasteiger partial charge in [-0.3, -0.25) is 4.79 Å². The highest BCUT2D eigenvalue weighted by molar-refractivity contribution is 6.10. The number of benzene rings is 3. The van der Waals surface area contributed by atoms with Crippen molar-refractivity contribution in [3.63, 3.8) is 0 Å². The molecule has 1 N–H and O–H groups in total. The molecule has 0 bridgehead atoms. The van der Waals surface area contributed by atoms with Crippen molar-refractivity contribution in [3.05, 3.63) is 65.7 Å². The van der Waals surface area contributed by atoms with Crippen molar-refractivity contribution in [2.75, 3.05) is 18.5 Å². The first-order valence-electron chi connectivity index (χ1n) is 8.42. The Morgan fingerprint density at radius 3 is 2.52 bits per heavy atom. The smallest absolute Gasteiger partial charge is 0.256 e. The van der Waals surface area contributed by atoms with Gasteiger partial charge in [0, 0.05) is 23.1 Å². The fourth-order valence-electron chi connectivity index (χ4n) is 3.08. The van der Waals surface area contributed by atoms with E-state index in [4.69, 9.17) is 9.47 Å². The zero-order chi connectivity index (χ0) is 17.2. The van der Waals surface area contributed by atoms with E-state index in [1.165, 1.54) is 0 Å². The average molecular weight is 333 g/mol. The van der Waals surface area contributed by atoms with Crippen molar-refractivity contribution in [1.29, 1.82) is 0 Å². The molecule has 0 radical (unpaired) electrons. The van der Waals surface area contributed by atoms with Crippen LogP contribution >= 0.6 is 0 Å². The Bertz CT molecular complexity index is 944. The largest absolute Gasteiger partial charge is 0.490 e. The maximum absolute atomic E-state index is 12.8. The van der Waals surface area contributed by atoms with E-state index in [0.717, 1.165) is 28.4 Å². The minimum atomic E-state index is -0.149. The molecule has 1 amide bonds. The molecule has 0 saturated carbocycles. The van der Waals surface area contributed by atoms with Gasteiger partial charge in [-0.1, -0.05) is 36.4 Å². The zero-order valence-corrected chi connectivity index (χ0v) is 14.0. The Labute approximate surface area is 146 Å². The van der Waals surface area contributed by atoms with Gasteiger partial charge in [-0.15, -0.1) is 0 Å². The van der Waals surface area contributed by atoms with E-state index in [1.807, 2.05) is 55.5 Å². The van der Waals surface area contributed by atoms with E-state index in [2.05, 4.69) is 5.32 Å². The average Bonchev–Trinajstić information content (AvgIpc) is 2.86. The van der Waals surface area contributed by atoms with Crippen LogP contribution in [0.4, 0.5) is 5.69 Å². The third-order valence-corrected chi connectivity index (χ3v) is 4.38. The second-order valence-electron chi connectivity index (χ2n) is 6.15. The standard InChI is InChI=1S/C21H19NO3/c1-14-12-19-20(25-11-5-10-24-19)13-17(14)21(23)22-18-9-4-7-15-6-2-3-8-16(15)18/h2-4,6-9,12-13H,5,10-11H2,1H3,(H,22,23). The van der Waals surface area contributed by atoms with Crippen LogP contribution in [0.3, 0.4) is 0 Å². The van der Waals surface area contributed by atoms with Gasteiger partial charge in [-0.25, -0.2) is 0 Å². The number of anilines is 1. The highest BCUT2D eigenvalue weighted by Crippen LogP contribution is 2.33. The summed E-state index contributed by atoms with van der Waals surface area (Å²) in [5.74, 6) is 1.19. The van der Waals surface area contributed by atoms with Gasteiger partial charge in [0.25, 0.3) is 5.91 Å². The highest BCUT2D eigenvalue weighted by atomic mass is 16.5. The number of hydrogen-bond acceptors (Lipinski definition) is 3. The first-order chi connectivity index (χ1) is 12.2. The van der Waals surface area contributed by atoms with E-state index >= 15 is 0 Å². The molecule has 126 valence electrons. The zero-order valence-electron chi connectivity index (χ0n) is 14.0. The normalized spacial score (nSPS) is 13.3. The highest BCUT2D eigenvalue weighted by Gasteiger charge is 2.17. The summed E-state index contributed by atoms with van der Waals surface area (Å²) in [7, 11) is 0. The summed E-state index contributed by atoms with van der Waals surface area (Å²) in [5, 5.41) is 5.14. The monoisotopic (exact) mass is 333 g/mol. The van der Waals surface area contributed by atoms with Crippen molar-refractivity contribution >= 4 is 22.4 Å². The maximum atomic E-state index is 12.8. The van der Waals surface area contributed by atoms with Gasteiger partial charge < -0.3 is 14.8 Å². The van der Waals surface area contributed by atoms with Gasteiger partial charge >= 0.3 is 0 Å². The van der Waals surface area contributed by atoms with Gasteiger partial charge in [0.2, 0.25) is 0 Å². The van der Waals surface area contributed by atoms with E-state index in [9.17, 15) is 4.79 Å². The summed E-state index contributed by atoms with van der Waals surface area (Å²) in [6.07, 6.45) is 0.839. The third kappa shape index (κ3) is 3.03. The fraction of sp³-hybridized carbons (Fsp3) is 0.190. The Balaban J connectivity index is 1.68. The van der Waals surface area contributed by atoms with Crippen molar-refractivity contribution in [2.24, 2.45) is 0 Å². The number of nitrogens with one attached hydrogen (secondary N) is 1. The summed E-state index contributed by atoms with van der Waals surface area (Å²) in [6, 6.07) is 17.5. The van der Waals surface area contributed by atoms with E-state index < -0.39 is 0 Å². The molecule has 0 fully saturated rings. The molecule has 0 aromatic heterocycles. The summed E-state index contributed by atoms with van der Waals surface area (Å²) in [5.41, 5.74) is 2.26. The van der Waals surface area contributed by atoms with Crippen LogP contribution in [0.5, 0.6) is 11.5 Å². The van der Waals surface area contributed by atoms with E-state index in [1.54, 1.807) is 6.07 Å². The van der Waals surface area contributed by atoms with Gasteiger partial charge in [0.05, 0.1) is 13.2 Å². The molecule has 4 heteroatoms. The van der Waals surface area contributed by atoms with Crippen LogP contribution in [0, 0.1) is 6.92 Å². The van der Waals surface area contributed by atoms with Gasteiger partial charge in [-0.05, 0) is 36.1 Å². The van der Waals surface area contributed by atoms with E-state index in [0.29, 0.717) is 30.3 Å². The minimum absolute atomic E-state index is 0.149. The Morgan fingerprint density at radius 1 is 0.960 bits per heavy atom. The lowest BCUT2D eigenvalue weighted by Crippen LogP contribution is -2.14. The molecular formula is C21H19NO3. The molecule has 25 heavy (non-hydrogen) atoms. The van der Waals surface area contributed by atoms with Crippen molar-refractivity contribution in [3.8, 4) is 11.5 Å². The van der Waals surface area contributed by atoms with Crippen LogP contribution in [0.25, 0.3) is 10.8 Å². The van der Waals surface area contributed by atoms with Crippen LogP contribution in [0.2, 0.25) is 0 Å². The molecule has 0 unspecified atom stereocenters. The van der Waals surface area contributed by atoms with Gasteiger partial charge in [0.1, 0.15) is 0 Å². The summed E-state index contributed by atoms with van der Waals surface area (Å²) >= 11 is 0. The van der Waals surface area contributed by atoms with Crippen LogP contribution in [0.15, 0.2) is 54.6 Å². The summed E-state index contributed by atoms with van der Waals surface area (Å²) in [4.78, 5) is 12.8. The lowest BCUT2D eigenvalue weighted by Gasteiger charge is -2.13. The molecular weight excluding hydrogens is 314 g/mol. The molecule has 0 aliphatic carbocycles. The lowest BCUT2D eigenvalue weighted by atomic mass is 10.1. The van der Waals surface area contributed by atoms with Gasteiger partial charge in [-0.2, -0.15) is 0 Å². The van der Waals surface area contributed by atoms with Crippen LogP contribution in [-0.4, -0.2) is 19.1 Å². The topological polar surface area (TPSA) is 47.6 Å². The molecule has 4 rings (SSSR count). The molecule has 0 saturated heterocycles. The summed E-state index contributed by atoms with van der Waals surface area (Å²) < 4.78 is 11.4. The number of ether oxygens (including phenoxy) is 2. The predicted octanol–water partition coefficient (Wildman–Crippen LogP) is 4.56. The van der Waals surface area contributed by atoms with Crippen molar-refractivity contribution in [1.82, 2.24) is 0 Å². The number of hydrogen-bond donors (Lipinski definition) is 1. The SMILES string of the molecule is Cc1cc2c(cc1C(=O)Nc1cccc3ccccc13)OCCCO2. The van der Waals surface area contributed by atoms with Crippen LogP contribution in [-0.2, 0) is 0 Å². The minimum Gasteiger partial charge on any atom is -0.490 e.